The number of carbonyl (C=O) groups excluding carboxylic acids is 2. The van der Waals surface area contributed by atoms with Crippen molar-refractivity contribution in [2.45, 2.75) is 23.6 Å². The Morgan fingerprint density at radius 1 is 0.603 bits per heavy atom. The quantitative estimate of drug-likeness (QED) is 0.0134. The van der Waals surface area contributed by atoms with E-state index in [2.05, 4.69) is 41.5 Å². The molecule has 0 saturated carbocycles. The van der Waals surface area contributed by atoms with E-state index in [-0.39, 0.29) is 50.5 Å². The molecule has 8 rings (SSSR count). The number of nitrogens with zero attached hydrogens (tertiary/aromatic N) is 6. The lowest BCUT2D eigenvalue weighted by Crippen LogP contribution is -2.27. The third-order valence-corrected chi connectivity index (χ3v) is 13.7. The van der Waals surface area contributed by atoms with Crippen molar-refractivity contribution in [1.82, 2.24) is 0 Å². The molecule has 6 aromatic carbocycles. The molecule has 2 aliphatic carbocycles. The van der Waals surface area contributed by atoms with E-state index in [1.165, 1.54) is 54.6 Å². The van der Waals surface area contributed by atoms with Gasteiger partial charge >= 0.3 is 5.97 Å². The first-order valence-electron chi connectivity index (χ1n) is 20.9. The summed E-state index contributed by atoms with van der Waals surface area (Å²) in [6.45, 7) is 3.67. The molecule has 370 valence electrons. The van der Waals surface area contributed by atoms with Gasteiger partial charge in [-0.25, -0.2) is 4.79 Å². The molecule has 0 amide bonds. The highest BCUT2D eigenvalue weighted by Gasteiger charge is 2.35. The van der Waals surface area contributed by atoms with E-state index in [0.29, 0.717) is 11.4 Å². The van der Waals surface area contributed by atoms with Crippen molar-refractivity contribution in [3.05, 3.63) is 148 Å². The molecular weight excluding hydrogens is 1010 g/mol. The zero-order valence-electron chi connectivity index (χ0n) is 37.6. The first kappa shape index (κ1) is 50.5. The zero-order valence-corrected chi connectivity index (χ0v) is 40.0. The van der Waals surface area contributed by atoms with Gasteiger partial charge in [0.15, 0.2) is 11.5 Å². The van der Waals surface area contributed by atoms with E-state index in [4.69, 9.17) is 11.5 Å². The van der Waals surface area contributed by atoms with Gasteiger partial charge in [0.1, 0.15) is 31.6 Å². The fourth-order valence-corrected chi connectivity index (χ4v) is 9.49. The Bertz CT molecular complexity index is 3990. The lowest BCUT2D eigenvalue weighted by Gasteiger charge is -2.18. The van der Waals surface area contributed by atoms with Gasteiger partial charge in [0.25, 0.3) is 30.4 Å². The van der Waals surface area contributed by atoms with Crippen LogP contribution >= 0.6 is 0 Å². The number of nitrogen functional groups attached to an aromatic ring is 2. The molecule has 0 aromatic heterocycles. The van der Waals surface area contributed by atoms with E-state index < -0.39 is 85.1 Å². The molecule has 10 N–H and O–H groups in total. The van der Waals surface area contributed by atoms with Crippen LogP contribution in [0.2, 0.25) is 0 Å². The lowest BCUT2D eigenvalue weighted by atomic mass is 9.94. The molecule has 26 heteroatoms. The summed E-state index contributed by atoms with van der Waals surface area (Å²) in [7, 11) is -15.1. The molecule has 0 unspecified atom stereocenters. The summed E-state index contributed by atoms with van der Waals surface area (Å²) >= 11 is 0. The first-order chi connectivity index (χ1) is 34.4. The Labute approximate surface area is 414 Å². The number of hydrogen-bond donors (Lipinski definition) is 8. The van der Waals surface area contributed by atoms with Crippen LogP contribution in [-0.2, 0) is 39.9 Å². The van der Waals surface area contributed by atoms with E-state index in [9.17, 15) is 58.4 Å². The summed E-state index contributed by atoms with van der Waals surface area (Å²) in [5.74, 6) is -3.14. The van der Waals surface area contributed by atoms with Gasteiger partial charge in [0.05, 0.1) is 39.8 Å². The largest absolute Gasteiger partial charge is 0.478 e. The fourth-order valence-electron chi connectivity index (χ4n) is 7.49. The van der Waals surface area contributed by atoms with Crippen LogP contribution in [0, 0.1) is 13.8 Å². The number of fused-ring (bicyclic) bond motifs is 2. The molecule has 73 heavy (non-hydrogen) atoms. The van der Waals surface area contributed by atoms with Crippen molar-refractivity contribution in [2.24, 2.45) is 30.7 Å². The third-order valence-electron chi connectivity index (χ3n) is 11.1. The van der Waals surface area contributed by atoms with Crippen molar-refractivity contribution in [3.63, 3.8) is 0 Å². The number of benzene rings is 6. The average molecular weight is 1050 g/mol. The van der Waals surface area contributed by atoms with Gasteiger partial charge in [0.2, 0.25) is 5.78 Å². The summed E-state index contributed by atoms with van der Waals surface area (Å²) in [6, 6.07) is 23.3. The molecular formula is C47H36N10O13S3. The molecule has 6 aromatic rings. The van der Waals surface area contributed by atoms with Crippen LogP contribution in [-0.4, -0.2) is 73.0 Å². The molecule has 0 fully saturated rings. The molecule has 23 nitrogen and oxygen atoms in total. The van der Waals surface area contributed by atoms with Gasteiger partial charge in [0, 0.05) is 16.3 Å². The highest BCUT2D eigenvalue weighted by molar-refractivity contribution is 7.91. The number of carboxylic acids is 1. The Morgan fingerprint density at radius 2 is 1.22 bits per heavy atom. The van der Waals surface area contributed by atoms with Crippen LogP contribution < -0.4 is 22.3 Å². The number of anilines is 4. The number of rotatable bonds is 13. The second kappa shape index (κ2) is 19.4. The number of aliphatic carboxylic acids is 1. The molecule has 0 atom stereocenters. The minimum absolute atomic E-state index is 0.0279. The van der Waals surface area contributed by atoms with Crippen LogP contribution in [0.25, 0.3) is 28.0 Å². The number of hydrazone groups is 2. The van der Waals surface area contributed by atoms with Crippen LogP contribution in [0.4, 0.5) is 45.5 Å². The second-order valence-corrected chi connectivity index (χ2v) is 20.2. The Hall–Kier alpha value is -8.92. The van der Waals surface area contributed by atoms with Crippen molar-refractivity contribution >= 4 is 122 Å². The zero-order chi connectivity index (χ0) is 52.7. The smallest absolute Gasteiger partial charge is 0.339 e. The Morgan fingerprint density at radius 3 is 1.85 bits per heavy atom. The summed E-state index contributed by atoms with van der Waals surface area (Å²) in [5, 5.41) is 34.2. The first-order valence-corrected chi connectivity index (χ1v) is 25.2. The number of carbonyl (C=O) groups is 3. The molecule has 0 saturated heterocycles. The molecule has 0 spiro atoms. The van der Waals surface area contributed by atoms with Crippen molar-refractivity contribution < 1.29 is 58.4 Å². The summed E-state index contributed by atoms with van der Waals surface area (Å²) < 4.78 is 104. The number of carboxylic acid groups (broad SMARTS) is 1. The number of ketones is 2. The monoisotopic (exact) mass is 1040 g/mol. The lowest BCUT2D eigenvalue weighted by molar-refractivity contribution is -0.134. The maximum atomic E-state index is 14.0. The van der Waals surface area contributed by atoms with Gasteiger partial charge in [-0.3, -0.25) is 34.1 Å². The minimum Gasteiger partial charge on any atom is -0.478 e. The van der Waals surface area contributed by atoms with Crippen molar-refractivity contribution in [1.29, 1.82) is 0 Å². The van der Waals surface area contributed by atoms with E-state index in [1.807, 2.05) is 38.1 Å². The molecule has 0 heterocycles. The molecule has 2 aliphatic rings. The van der Waals surface area contributed by atoms with Crippen LogP contribution in [0.5, 0.6) is 0 Å². The van der Waals surface area contributed by atoms with Crippen LogP contribution in [0.3, 0.4) is 0 Å². The van der Waals surface area contributed by atoms with Crippen molar-refractivity contribution in [3.8, 4) is 11.1 Å². The Balaban J connectivity index is 1.03. The second-order valence-electron chi connectivity index (χ2n) is 16.0. The maximum Gasteiger partial charge on any atom is 0.339 e. The predicted molar refractivity (Wildman–Crippen MR) is 271 cm³/mol. The highest BCUT2D eigenvalue weighted by Crippen LogP contribution is 2.39. The molecule has 0 aliphatic heterocycles. The predicted octanol–water partition coefficient (Wildman–Crippen LogP) is 8.42. The van der Waals surface area contributed by atoms with E-state index in [1.54, 1.807) is 12.1 Å². The summed E-state index contributed by atoms with van der Waals surface area (Å²) in [5.41, 5.74) is 20.0. The highest BCUT2D eigenvalue weighted by atomic mass is 32.2. The van der Waals surface area contributed by atoms with Gasteiger partial charge in [-0.2, -0.15) is 45.7 Å². The minimum atomic E-state index is -5.24. The fraction of sp³-hybridized carbons (Fsp3) is 0.0426. The average Bonchev–Trinajstić information content (AvgIpc) is 3.31. The third kappa shape index (κ3) is 10.7. The molecule has 0 bridgehead atoms. The summed E-state index contributed by atoms with van der Waals surface area (Å²) in [6.07, 6.45) is 4.46. The SMILES string of the molecule is Cc1cc(-c2ccc(N/N=C3/C=CC(=O)C(C(=O)O)=C3)c(C)c2)ccc1N=Nc1c(N)cc(N=Nc2cc3c(cc2S(=O)(=O)O)C=C(S(=O)(=O)O)/C(=N/Nc2ccc(S(=O)(=O)O)c4ccccc24)C3=O)cc1N. The van der Waals surface area contributed by atoms with Gasteiger partial charge < -0.3 is 16.6 Å². The van der Waals surface area contributed by atoms with Crippen molar-refractivity contribution in [2.75, 3.05) is 22.3 Å². The number of Topliss-reactive ketones (excluding diaryl/α,β-unsaturated/α-hetero) is 1. The molecule has 0 radical (unpaired) electrons. The number of hydrogen-bond acceptors (Lipinski definition) is 19. The summed E-state index contributed by atoms with van der Waals surface area (Å²) in [4.78, 5) is 34.7. The van der Waals surface area contributed by atoms with Gasteiger partial charge in [-0.1, -0.05) is 36.4 Å². The number of azo groups is 2. The van der Waals surface area contributed by atoms with Gasteiger partial charge in [-0.15, -0.1) is 10.2 Å². The van der Waals surface area contributed by atoms with E-state index in [0.717, 1.165) is 52.6 Å². The number of nitrogens with one attached hydrogen (secondary N) is 2. The van der Waals surface area contributed by atoms with E-state index >= 15 is 0 Å². The van der Waals surface area contributed by atoms with Gasteiger partial charge in [-0.05, 0) is 127 Å². The topological polar surface area (TPSA) is 385 Å². The Kier molecular flexibility index (Phi) is 13.4. The number of allylic oxidation sites excluding steroid dienone is 4. The standard InChI is InChI=1S/C47H36N10O13S3/c1-23-15-25(7-10-36(23)52-50-28-9-13-40(58)33(19-28)47(60)61)26-8-11-37(24(2)16-26)53-56-44-34(48)20-29(21-35(44)49)51-55-39-22-32-27(17-42(39)72(65,66)67)18-43(73(68,69)70)45(46(32)59)57-54-38-12-14-41(71(62,63)64)31-6-4-3-5-30(31)38/h3-22,52,54H,48-49H2,1-2H3,(H,60,61)(H,62,63,64)(H,65,66,67)(H,68,69,70)/b50-28-,55-51?,56-53?,57-45-. The number of aryl methyl sites for hydroxylation is 2. The number of nitrogens with two attached hydrogens (primary N) is 2. The maximum absolute atomic E-state index is 14.0. The van der Waals surface area contributed by atoms with Crippen LogP contribution in [0.15, 0.2) is 166 Å². The normalized spacial score (nSPS) is 15.3. The van der Waals surface area contributed by atoms with Crippen LogP contribution in [0.1, 0.15) is 27.0 Å².